The van der Waals surface area contributed by atoms with E-state index in [0.29, 0.717) is 19.1 Å². The molecule has 1 aliphatic rings. The third-order valence-corrected chi connectivity index (χ3v) is 3.71. The molecule has 3 rings (SSSR count). The summed E-state index contributed by atoms with van der Waals surface area (Å²) in [5.41, 5.74) is 2.86. The maximum absolute atomic E-state index is 5.82. The first kappa shape index (κ1) is 15.1. The summed E-state index contributed by atoms with van der Waals surface area (Å²) >= 11 is 0. The standard InChI is InChI=1S/C15H21N5O2/c1-21-6-5-17-7-12-9-20-14(11-22-10-12)15(18-19-20)13-3-2-4-16-8-13/h2-4,8,12,17H,5-7,9-11H2,1H3. The number of aromatic nitrogens is 4. The van der Waals surface area contributed by atoms with E-state index in [0.717, 1.165) is 43.2 Å². The van der Waals surface area contributed by atoms with Gasteiger partial charge in [-0.2, -0.15) is 0 Å². The smallest absolute Gasteiger partial charge is 0.120 e. The monoisotopic (exact) mass is 303 g/mol. The summed E-state index contributed by atoms with van der Waals surface area (Å²) < 4.78 is 12.8. The Labute approximate surface area is 129 Å². The Morgan fingerprint density at radius 1 is 1.50 bits per heavy atom. The largest absolute Gasteiger partial charge is 0.383 e. The van der Waals surface area contributed by atoms with Crippen molar-refractivity contribution >= 4 is 0 Å². The van der Waals surface area contributed by atoms with Gasteiger partial charge in [0, 0.05) is 50.6 Å². The minimum Gasteiger partial charge on any atom is -0.383 e. The molecule has 0 radical (unpaired) electrons. The Morgan fingerprint density at radius 3 is 3.27 bits per heavy atom. The Bertz CT molecular complexity index is 587. The Balaban J connectivity index is 1.69. The van der Waals surface area contributed by atoms with Gasteiger partial charge in [0.1, 0.15) is 5.69 Å². The predicted molar refractivity (Wildman–Crippen MR) is 81.1 cm³/mol. The van der Waals surface area contributed by atoms with Crippen LogP contribution in [0.2, 0.25) is 0 Å². The van der Waals surface area contributed by atoms with Crippen molar-refractivity contribution in [2.24, 2.45) is 5.92 Å². The van der Waals surface area contributed by atoms with Gasteiger partial charge in [0.15, 0.2) is 0 Å². The molecule has 0 saturated carbocycles. The summed E-state index contributed by atoms with van der Waals surface area (Å²) in [5, 5.41) is 12.0. The van der Waals surface area contributed by atoms with E-state index in [-0.39, 0.29) is 0 Å². The third kappa shape index (κ3) is 3.49. The molecule has 7 nitrogen and oxygen atoms in total. The van der Waals surface area contributed by atoms with Crippen molar-refractivity contribution in [2.45, 2.75) is 13.2 Å². The van der Waals surface area contributed by atoms with Crippen LogP contribution in [0.1, 0.15) is 5.69 Å². The molecular formula is C15H21N5O2. The molecule has 0 fully saturated rings. The van der Waals surface area contributed by atoms with Gasteiger partial charge in [-0.3, -0.25) is 4.98 Å². The SMILES string of the molecule is COCCNCC1COCc2c(-c3cccnc3)nnn2C1. The fourth-order valence-corrected chi connectivity index (χ4v) is 2.57. The minimum atomic E-state index is 0.376. The van der Waals surface area contributed by atoms with Gasteiger partial charge in [0.05, 0.1) is 25.5 Å². The number of hydrogen-bond acceptors (Lipinski definition) is 6. The zero-order valence-corrected chi connectivity index (χ0v) is 12.7. The van der Waals surface area contributed by atoms with Crippen molar-refractivity contribution < 1.29 is 9.47 Å². The number of fused-ring (bicyclic) bond motifs is 1. The van der Waals surface area contributed by atoms with Crippen LogP contribution in [0.25, 0.3) is 11.3 Å². The van der Waals surface area contributed by atoms with Gasteiger partial charge in [-0.15, -0.1) is 5.10 Å². The number of pyridine rings is 1. The van der Waals surface area contributed by atoms with Gasteiger partial charge in [-0.25, -0.2) is 4.68 Å². The summed E-state index contributed by atoms with van der Waals surface area (Å²) in [6.45, 7) is 4.50. The zero-order valence-electron chi connectivity index (χ0n) is 12.7. The summed E-state index contributed by atoms with van der Waals surface area (Å²) in [7, 11) is 1.71. The highest BCUT2D eigenvalue weighted by Crippen LogP contribution is 2.23. The Morgan fingerprint density at radius 2 is 2.45 bits per heavy atom. The molecule has 1 aliphatic heterocycles. The first-order chi connectivity index (χ1) is 10.9. The lowest BCUT2D eigenvalue weighted by molar-refractivity contribution is 0.0933. The van der Waals surface area contributed by atoms with Gasteiger partial charge >= 0.3 is 0 Å². The van der Waals surface area contributed by atoms with Crippen LogP contribution in [0.4, 0.5) is 0 Å². The summed E-state index contributed by atoms with van der Waals surface area (Å²) in [4.78, 5) is 4.15. The molecule has 0 spiro atoms. The molecular weight excluding hydrogens is 282 g/mol. The molecule has 0 bridgehead atoms. The van der Waals surface area contributed by atoms with E-state index in [1.165, 1.54) is 0 Å². The molecule has 0 saturated heterocycles. The van der Waals surface area contributed by atoms with Gasteiger partial charge in [0.2, 0.25) is 0 Å². The first-order valence-corrected chi connectivity index (χ1v) is 7.48. The summed E-state index contributed by atoms with van der Waals surface area (Å²) in [5.74, 6) is 0.376. The lowest BCUT2D eigenvalue weighted by Crippen LogP contribution is -2.30. The molecule has 0 amide bonds. The molecule has 0 aromatic carbocycles. The van der Waals surface area contributed by atoms with Crippen molar-refractivity contribution in [2.75, 3.05) is 33.4 Å². The Hall–Kier alpha value is -1.83. The molecule has 22 heavy (non-hydrogen) atoms. The van der Waals surface area contributed by atoms with E-state index in [4.69, 9.17) is 9.47 Å². The molecule has 1 N–H and O–H groups in total. The highest BCUT2D eigenvalue weighted by molar-refractivity contribution is 5.59. The zero-order chi connectivity index (χ0) is 15.2. The van der Waals surface area contributed by atoms with Crippen LogP contribution in [0, 0.1) is 5.92 Å². The van der Waals surface area contributed by atoms with Crippen molar-refractivity contribution in [3.05, 3.63) is 30.2 Å². The number of hydrogen-bond donors (Lipinski definition) is 1. The van der Waals surface area contributed by atoms with E-state index in [1.54, 1.807) is 19.5 Å². The average molecular weight is 303 g/mol. The van der Waals surface area contributed by atoms with Crippen LogP contribution < -0.4 is 5.32 Å². The van der Waals surface area contributed by atoms with E-state index in [1.807, 2.05) is 16.8 Å². The van der Waals surface area contributed by atoms with Gasteiger partial charge in [-0.05, 0) is 12.1 Å². The van der Waals surface area contributed by atoms with Crippen molar-refractivity contribution in [3.8, 4) is 11.3 Å². The van der Waals surface area contributed by atoms with E-state index >= 15 is 0 Å². The van der Waals surface area contributed by atoms with Crippen LogP contribution in [-0.4, -0.2) is 53.4 Å². The molecule has 118 valence electrons. The normalized spacial score (nSPS) is 18.0. The van der Waals surface area contributed by atoms with Crippen LogP contribution in [0.15, 0.2) is 24.5 Å². The lowest BCUT2D eigenvalue weighted by atomic mass is 10.1. The number of ether oxygens (including phenoxy) is 2. The van der Waals surface area contributed by atoms with E-state index < -0.39 is 0 Å². The summed E-state index contributed by atoms with van der Waals surface area (Å²) in [6.07, 6.45) is 3.56. The Kier molecular flexibility index (Phi) is 5.10. The summed E-state index contributed by atoms with van der Waals surface area (Å²) in [6, 6.07) is 3.90. The second-order valence-corrected chi connectivity index (χ2v) is 5.39. The molecule has 1 unspecified atom stereocenters. The number of nitrogens with one attached hydrogen (secondary N) is 1. The number of rotatable bonds is 6. The van der Waals surface area contributed by atoms with Crippen molar-refractivity contribution in [1.82, 2.24) is 25.3 Å². The van der Waals surface area contributed by atoms with Crippen molar-refractivity contribution in [3.63, 3.8) is 0 Å². The molecule has 1 atom stereocenters. The highest BCUT2D eigenvalue weighted by atomic mass is 16.5. The van der Waals surface area contributed by atoms with E-state index in [2.05, 4.69) is 20.6 Å². The van der Waals surface area contributed by atoms with Gasteiger partial charge in [0.25, 0.3) is 0 Å². The van der Waals surface area contributed by atoms with Crippen molar-refractivity contribution in [1.29, 1.82) is 0 Å². The molecule has 3 heterocycles. The number of methoxy groups -OCH3 is 1. The molecule has 7 heteroatoms. The number of nitrogens with zero attached hydrogens (tertiary/aromatic N) is 4. The second kappa shape index (κ2) is 7.44. The molecule has 0 aliphatic carbocycles. The fourth-order valence-electron chi connectivity index (χ4n) is 2.57. The van der Waals surface area contributed by atoms with Crippen LogP contribution in [0.5, 0.6) is 0 Å². The minimum absolute atomic E-state index is 0.376. The quantitative estimate of drug-likeness (QED) is 0.793. The highest BCUT2D eigenvalue weighted by Gasteiger charge is 2.22. The second-order valence-electron chi connectivity index (χ2n) is 5.39. The van der Waals surface area contributed by atoms with Crippen LogP contribution in [-0.2, 0) is 22.6 Å². The van der Waals surface area contributed by atoms with Gasteiger partial charge < -0.3 is 14.8 Å². The molecule has 2 aromatic heterocycles. The topological polar surface area (TPSA) is 74.1 Å². The van der Waals surface area contributed by atoms with Gasteiger partial charge in [-0.1, -0.05) is 5.21 Å². The third-order valence-electron chi connectivity index (χ3n) is 3.71. The predicted octanol–water partition coefficient (Wildman–Crippen LogP) is 0.722. The van der Waals surface area contributed by atoms with Crippen LogP contribution in [0.3, 0.4) is 0 Å². The maximum Gasteiger partial charge on any atom is 0.120 e. The first-order valence-electron chi connectivity index (χ1n) is 7.48. The lowest BCUT2D eigenvalue weighted by Gasteiger charge is -2.14. The molecule has 2 aromatic rings. The van der Waals surface area contributed by atoms with E-state index in [9.17, 15) is 0 Å². The fraction of sp³-hybridized carbons (Fsp3) is 0.533. The van der Waals surface area contributed by atoms with Crippen LogP contribution >= 0.6 is 0 Å². The average Bonchev–Trinajstić information content (AvgIpc) is 2.84. The maximum atomic E-state index is 5.82.